The predicted octanol–water partition coefficient (Wildman–Crippen LogP) is 3.95. The molecule has 0 aliphatic rings. The molecular formula is C23H29BrN2O4. The molecule has 0 bridgehead atoms. The van der Waals surface area contributed by atoms with Crippen LogP contribution in [0.3, 0.4) is 0 Å². The lowest BCUT2D eigenvalue weighted by atomic mass is 10.1. The molecule has 162 valence electrons. The van der Waals surface area contributed by atoms with Crippen LogP contribution in [0.25, 0.3) is 0 Å². The summed E-state index contributed by atoms with van der Waals surface area (Å²) < 4.78 is 11.8. The van der Waals surface area contributed by atoms with Crippen molar-refractivity contribution in [3.63, 3.8) is 0 Å². The van der Waals surface area contributed by atoms with E-state index in [0.29, 0.717) is 18.7 Å². The van der Waals surface area contributed by atoms with E-state index in [1.165, 1.54) is 5.56 Å². The zero-order valence-electron chi connectivity index (χ0n) is 17.9. The molecule has 0 unspecified atom stereocenters. The van der Waals surface area contributed by atoms with Crippen LogP contribution in [-0.2, 0) is 22.6 Å². The molecule has 2 aromatic rings. The Balaban J connectivity index is 2.19. The van der Waals surface area contributed by atoms with E-state index in [4.69, 9.17) is 9.47 Å². The van der Waals surface area contributed by atoms with Crippen molar-refractivity contribution in [1.82, 2.24) is 10.2 Å². The van der Waals surface area contributed by atoms with Crippen molar-refractivity contribution in [2.45, 2.75) is 39.3 Å². The molecule has 0 aliphatic carbocycles. The fourth-order valence-electron chi connectivity index (χ4n) is 3.12. The predicted molar refractivity (Wildman–Crippen MR) is 121 cm³/mol. The van der Waals surface area contributed by atoms with Crippen molar-refractivity contribution < 1.29 is 19.1 Å². The molecule has 30 heavy (non-hydrogen) atoms. The van der Waals surface area contributed by atoms with Crippen LogP contribution in [0.5, 0.6) is 11.5 Å². The third kappa shape index (κ3) is 6.23. The minimum absolute atomic E-state index is 0.159. The fraction of sp³-hybridized carbons (Fsp3) is 0.391. The van der Waals surface area contributed by atoms with Crippen LogP contribution < -0.4 is 14.8 Å². The van der Waals surface area contributed by atoms with E-state index < -0.39 is 6.04 Å². The second-order valence-corrected chi connectivity index (χ2v) is 7.67. The van der Waals surface area contributed by atoms with Gasteiger partial charge >= 0.3 is 0 Å². The molecular weight excluding hydrogens is 448 g/mol. The molecule has 1 N–H and O–H groups in total. The second-order valence-electron chi connectivity index (χ2n) is 6.82. The molecule has 2 rings (SSSR count). The molecule has 0 saturated heterocycles. The van der Waals surface area contributed by atoms with E-state index in [2.05, 4.69) is 28.2 Å². The molecule has 0 radical (unpaired) electrons. The summed E-state index contributed by atoms with van der Waals surface area (Å²) in [5.74, 6) is 0.872. The summed E-state index contributed by atoms with van der Waals surface area (Å²) in [5, 5.41) is 2.65. The Kier molecular flexibility index (Phi) is 9.17. The van der Waals surface area contributed by atoms with Crippen LogP contribution in [0.15, 0.2) is 46.9 Å². The molecule has 0 aliphatic heterocycles. The number of aryl methyl sites for hydroxylation is 1. The number of nitrogens with zero attached hydrogens (tertiary/aromatic N) is 1. The van der Waals surface area contributed by atoms with E-state index >= 15 is 0 Å². The summed E-state index contributed by atoms with van der Waals surface area (Å²) >= 11 is 3.49. The topological polar surface area (TPSA) is 67.9 Å². The first kappa shape index (κ1) is 23.7. The first-order valence-corrected chi connectivity index (χ1v) is 10.8. The smallest absolute Gasteiger partial charge is 0.261 e. The average Bonchev–Trinajstić information content (AvgIpc) is 2.77. The van der Waals surface area contributed by atoms with Crippen molar-refractivity contribution in [3.8, 4) is 11.5 Å². The maximum absolute atomic E-state index is 13.1. The van der Waals surface area contributed by atoms with Gasteiger partial charge in [-0.15, -0.1) is 0 Å². The van der Waals surface area contributed by atoms with Gasteiger partial charge in [0.1, 0.15) is 17.5 Å². The molecule has 0 heterocycles. The van der Waals surface area contributed by atoms with Gasteiger partial charge in [0.2, 0.25) is 5.91 Å². The molecule has 2 amide bonds. The standard InChI is InChI=1S/C23H29BrN2O4/c1-5-16-9-12-21(19(24)13-16)30-15-22(27)26(20(6-2)23(28)25-3)14-17-7-10-18(29-4)11-8-17/h7-13,20H,5-6,14-15H2,1-4H3,(H,25,28)/t20-/m0/s1. The number of methoxy groups -OCH3 is 1. The molecule has 2 aromatic carbocycles. The van der Waals surface area contributed by atoms with Crippen LogP contribution in [0.2, 0.25) is 0 Å². The lowest BCUT2D eigenvalue weighted by molar-refractivity contribution is -0.142. The van der Waals surface area contributed by atoms with Crippen molar-refractivity contribution in [2.75, 3.05) is 20.8 Å². The number of hydrogen-bond acceptors (Lipinski definition) is 4. The van der Waals surface area contributed by atoms with Gasteiger partial charge in [0.15, 0.2) is 6.61 Å². The van der Waals surface area contributed by atoms with Crippen molar-refractivity contribution in [1.29, 1.82) is 0 Å². The van der Waals surface area contributed by atoms with Crippen molar-refractivity contribution >= 4 is 27.7 Å². The minimum Gasteiger partial charge on any atom is -0.497 e. The van der Waals surface area contributed by atoms with Crippen molar-refractivity contribution in [2.24, 2.45) is 0 Å². The highest BCUT2D eigenvalue weighted by Crippen LogP contribution is 2.26. The number of halogens is 1. The number of ether oxygens (including phenoxy) is 2. The normalized spacial score (nSPS) is 11.5. The monoisotopic (exact) mass is 476 g/mol. The van der Waals surface area contributed by atoms with E-state index in [9.17, 15) is 9.59 Å². The third-order valence-corrected chi connectivity index (χ3v) is 5.52. The molecule has 7 heteroatoms. The number of carbonyl (C=O) groups is 2. The summed E-state index contributed by atoms with van der Waals surface area (Å²) in [6.45, 7) is 4.10. The summed E-state index contributed by atoms with van der Waals surface area (Å²) in [6, 6.07) is 12.7. The minimum atomic E-state index is -0.584. The lowest BCUT2D eigenvalue weighted by Crippen LogP contribution is -2.49. The zero-order valence-corrected chi connectivity index (χ0v) is 19.5. The van der Waals surface area contributed by atoms with Gasteiger partial charge < -0.3 is 19.7 Å². The zero-order chi connectivity index (χ0) is 22.1. The molecule has 6 nitrogen and oxygen atoms in total. The lowest BCUT2D eigenvalue weighted by Gasteiger charge is -2.30. The van der Waals surface area contributed by atoms with Gasteiger partial charge in [0, 0.05) is 13.6 Å². The first-order valence-electron chi connectivity index (χ1n) is 9.98. The van der Waals surface area contributed by atoms with E-state index in [-0.39, 0.29) is 18.4 Å². The third-order valence-electron chi connectivity index (χ3n) is 4.90. The number of likely N-dealkylation sites (N-methyl/N-ethyl adjacent to an activating group) is 1. The van der Waals surface area contributed by atoms with Crippen LogP contribution in [0, 0.1) is 0 Å². The summed E-state index contributed by atoms with van der Waals surface area (Å²) in [6.07, 6.45) is 1.41. The molecule has 0 fully saturated rings. The van der Waals surface area contributed by atoms with Gasteiger partial charge in [-0.25, -0.2) is 0 Å². The highest BCUT2D eigenvalue weighted by molar-refractivity contribution is 9.10. The average molecular weight is 477 g/mol. The molecule has 1 atom stereocenters. The Hall–Kier alpha value is -2.54. The number of nitrogens with one attached hydrogen (secondary N) is 1. The largest absolute Gasteiger partial charge is 0.497 e. The Labute approximate surface area is 186 Å². The van der Waals surface area contributed by atoms with Crippen LogP contribution in [-0.4, -0.2) is 43.5 Å². The van der Waals surface area contributed by atoms with Gasteiger partial charge in [0.25, 0.3) is 5.91 Å². The Morgan fingerprint density at radius 1 is 1.10 bits per heavy atom. The number of carbonyl (C=O) groups excluding carboxylic acids is 2. The van der Waals surface area contributed by atoms with Crippen LogP contribution >= 0.6 is 15.9 Å². The summed E-state index contributed by atoms with van der Waals surface area (Å²) in [4.78, 5) is 27.0. The Morgan fingerprint density at radius 2 is 1.77 bits per heavy atom. The summed E-state index contributed by atoms with van der Waals surface area (Å²) in [7, 11) is 3.18. The second kappa shape index (κ2) is 11.6. The maximum Gasteiger partial charge on any atom is 0.261 e. The Bertz CT molecular complexity index is 855. The molecule has 0 saturated carbocycles. The highest BCUT2D eigenvalue weighted by Gasteiger charge is 2.28. The van der Waals surface area contributed by atoms with E-state index in [0.717, 1.165) is 22.2 Å². The van der Waals surface area contributed by atoms with Gasteiger partial charge in [-0.1, -0.05) is 32.0 Å². The van der Waals surface area contributed by atoms with Crippen LogP contribution in [0.1, 0.15) is 31.4 Å². The highest BCUT2D eigenvalue weighted by atomic mass is 79.9. The van der Waals surface area contributed by atoms with Gasteiger partial charge in [-0.2, -0.15) is 0 Å². The molecule has 0 spiro atoms. The quantitative estimate of drug-likeness (QED) is 0.563. The Morgan fingerprint density at radius 3 is 2.30 bits per heavy atom. The van der Waals surface area contributed by atoms with Crippen LogP contribution in [0.4, 0.5) is 0 Å². The summed E-state index contributed by atoms with van der Waals surface area (Å²) in [5.41, 5.74) is 2.08. The van der Waals surface area contributed by atoms with Crippen molar-refractivity contribution in [3.05, 3.63) is 58.1 Å². The van der Waals surface area contributed by atoms with Gasteiger partial charge in [-0.3, -0.25) is 9.59 Å². The van der Waals surface area contributed by atoms with E-state index in [1.54, 1.807) is 19.1 Å². The maximum atomic E-state index is 13.1. The van der Waals surface area contributed by atoms with Gasteiger partial charge in [0.05, 0.1) is 11.6 Å². The molecule has 0 aromatic heterocycles. The van der Waals surface area contributed by atoms with Gasteiger partial charge in [-0.05, 0) is 64.2 Å². The number of amides is 2. The first-order chi connectivity index (χ1) is 14.4. The fourth-order valence-corrected chi connectivity index (χ4v) is 3.66. The number of hydrogen-bond donors (Lipinski definition) is 1. The SMILES string of the molecule is CCc1ccc(OCC(=O)N(Cc2ccc(OC)cc2)[C@@H](CC)C(=O)NC)c(Br)c1. The van der Waals surface area contributed by atoms with E-state index in [1.807, 2.05) is 49.4 Å². The number of rotatable bonds is 10. The number of benzene rings is 2.